The van der Waals surface area contributed by atoms with E-state index in [1.54, 1.807) is 11.8 Å². The lowest BCUT2D eigenvalue weighted by Crippen LogP contribution is -2.15. The van der Waals surface area contributed by atoms with Crippen molar-refractivity contribution in [1.82, 2.24) is 0 Å². The van der Waals surface area contributed by atoms with Gasteiger partial charge in [-0.05, 0) is 25.5 Å². The minimum Gasteiger partial charge on any atom is -0.293 e. The van der Waals surface area contributed by atoms with Crippen molar-refractivity contribution in [2.24, 2.45) is 5.92 Å². The van der Waals surface area contributed by atoms with Gasteiger partial charge in [-0.2, -0.15) is 11.8 Å². The Morgan fingerprint density at radius 1 is 1.19 bits per heavy atom. The highest BCUT2D eigenvalue weighted by molar-refractivity contribution is 8.00. The first-order valence-corrected chi connectivity index (χ1v) is 6.78. The van der Waals surface area contributed by atoms with Gasteiger partial charge in [0.05, 0.1) is 5.25 Å². The molecule has 0 amide bonds. The number of aryl methyl sites for hydroxylation is 1. The maximum Gasteiger partial charge on any atom is 0.175 e. The summed E-state index contributed by atoms with van der Waals surface area (Å²) in [6.45, 7) is 8.38. The largest absolute Gasteiger partial charge is 0.293 e. The Hall–Kier alpha value is -0.760. The van der Waals surface area contributed by atoms with Crippen LogP contribution in [0, 0.1) is 12.8 Å². The van der Waals surface area contributed by atoms with E-state index in [0.29, 0.717) is 5.92 Å². The second-order valence-corrected chi connectivity index (χ2v) is 5.97. The van der Waals surface area contributed by atoms with Gasteiger partial charge >= 0.3 is 0 Å². The Morgan fingerprint density at radius 2 is 1.75 bits per heavy atom. The fourth-order valence-electron chi connectivity index (χ4n) is 1.37. The van der Waals surface area contributed by atoms with E-state index >= 15 is 0 Å². The van der Waals surface area contributed by atoms with Crippen LogP contribution in [0.25, 0.3) is 0 Å². The molecule has 1 nitrogen and oxygen atoms in total. The monoisotopic (exact) mass is 236 g/mol. The Morgan fingerprint density at radius 3 is 2.25 bits per heavy atom. The van der Waals surface area contributed by atoms with Crippen molar-refractivity contribution < 1.29 is 4.79 Å². The molecule has 1 aromatic rings. The molecule has 16 heavy (non-hydrogen) atoms. The number of hydrogen-bond acceptors (Lipinski definition) is 2. The lowest BCUT2D eigenvalue weighted by Gasteiger charge is -2.11. The van der Waals surface area contributed by atoms with Crippen LogP contribution in [0.1, 0.15) is 36.7 Å². The van der Waals surface area contributed by atoms with E-state index in [2.05, 4.69) is 13.8 Å². The molecule has 0 fully saturated rings. The lowest BCUT2D eigenvalue weighted by molar-refractivity contribution is 0.0994. The third-order valence-corrected chi connectivity index (χ3v) is 3.96. The summed E-state index contributed by atoms with van der Waals surface area (Å²) in [6.07, 6.45) is 0. The molecule has 0 aromatic heterocycles. The van der Waals surface area contributed by atoms with Crippen LogP contribution in [0.2, 0.25) is 0 Å². The maximum atomic E-state index is 12.0. The fourth-order valence-corrected chi connectivity index (χ4v) is 2.33. The van der Waals surface area contributed by atoms with Gasteiger partial charge in [0, 0.05) is 5.56 Å². The minimum atomic E-state index is 0.0603. The highest BCUT2D eigenvalue weighted by Crippen LogP contribution is 2.19. The number of thioether (sulfide) groups is 1. The van der Waals surface area contributed by atoms with Crippen molar-refractivity contribution in [3.8, 4) is 0 Å². The second kappa shape index (κ2) is 6.09. The average molecular weight is 236 g/mol. The van der Waals surface area contributed by atoms with Gasteiger partial charge in [-0.15, -0.1) is 0 Å². The van der Waals surface area contributed by atoms with Gasteiger partial charge in [-0.25, -0.2) is 0 Å². The van der Waals surface area contributed by atoms with E-state index in [0.717, 1.165) is 11.3 Å². The molecule has 0 aliphatic heterocycles. The van der Waals surface area contributed by atoms with Crippen LogP contribution in [0.3, 0.4) is 0 Å². The standard InChI is InChI=1S/C14H20OS/c1-10(2)9-16-12(4)14(15)13-7-5-11(3)6-8-13/h5-8,10,12H,9H2,1-4H3. The Labute approximate surface area is 103 Å². The zero-order chi connectivity index (χ0) is 12.1. The fraction of sp³-hybridized carbons (Fsp3) is 0.500. The van der Waals surface area contributed by atoms with Gasteiger partial charge in [0.2, 0.25) is 0 Å². The van der Waals surface area contributed by atoms with Crippen molar-refractivity contribution in [3.05, 3.63) is 35.4 Å². The van der Waals surface area contributed by atoms with Crippen LogP contribution in [0.4, 0.5) is 0 Å². The van der Waals surface area contributed by atoms with E-state index in [9.17, 15) is 4.79 Å². The van der Waals surface area contributed by atoms with Crippen LogP contribution in [0.15, 0.2) is 24.3 Å². The second-order valence-electron chi connectivity index (χ2n) is 4.60. The first kappa shape index (κ1) is 13.3. The zero-order valence-corrected chi connectivity index (χ0v) is 11.3. The number of carbonyl (C=O) groups is 1. The molecule has 0 radical (unpaired) electrons. The number of ketones is 1. The van der Waals surface area contributed by atoms with Gasteiger partial charge in [0.15, 0.2) is 5.78 Å². The van der Waals surface area contributed by atoms with Crippen molar-refractivity contribution >= 4 is 17.5 Å². The number of Topliss-reactive ketones (excluding diaryl/α,β-unsaturated/α-hetero) is 1. The van der Waals surface area contributed by atoms with Gasteiger partial charge in [-0.3, -0.25) is 4.79 Å². The van der Waals surface area contributed by atoms with Crippen LogP contribution >= 0.6 is 11.8 Å². The van der Waals surface area contributed by atoms with Gasteiger partial charge < -0.3 is 0 Å². The molecule has 0 spiro atoms. The molecular weight excluding hydrogens is 216 g/mol. The topological polar surface area (TPSA) is 17.1 Å². The van der Waals surface area contributed by atoms with Crippen molar-refractivity contribution in [2.45, 2.75) is 32.9 Å². The molecule has 0 saturated carbocycles. The molecule has 2 heteroatoms. The third-order valence-electron chi connectivity index (χ3n) is 2.38. The minimum absolute atomic E-state index is 0.0603. The molecule has 1 unspecified atom stereocenters. The van der Waals surface area contributed by atoms with Crippen LogP contribution in [0.5, 0.6) is 0 Å². The normalized spacial score (nSPS) is 12.8. The Kier molecular flexibility index (Phi) is 5.07. The molecule has 1 atom stereocenters. The van der Waals surface area contributed by atoms with Crippen molar-refractivity contribution in [3.63, 3.8) is 0 Å². The number of rotatable bonds is 5. The van der Waals surface area contributed by atoms with Crippen molar-refractivity contribution in [2.75, 3.05) is 5.75 Å². The zero-order valence-electron chi connectivity index (χ0n) is 10.5. The predicted molar refractivity (Wildman–Crippen MR) is 72.3 cm³/mol. The maximum absolute atomic E-state index is 12.0. The van der Waals surface area contributed by atoms with E-state index in [-0.39, 0.29) is 11.0 Å². The summed E-state index contributed by atoms with van der Waals surface area (Å²) in [7, 11) is 0. The molecule has 1 aromatic carbocycles. The first-order valence-electron chi connectivity index (χ1n) is 5.73. The lowest BCUT2D eigenvalue weighted by atomic mass is 10.1. The Bertz CT molecular complexity index is 340. The molecular formula is C14H20OS. The van der Waals surface area contributed by atoms with Gasteiger partial charge in [0.1, 0.15) is 0 Å². The smallest absolute Gasteiger partial charge is 0.175 e. The molecule has 88 valence electrons. The number of hydrogen-bond donors (Lipinski definition) is 0. The van der Waals surface area contributed by atoms with E-state index in [4.69, 9.17) is 0 Å². The summed E-state index contributed by atoms with van der Waals surface area (Å²) in [5.41, 5.74) is 2.02. The van der Waals surface area contributed by atoms with Crippen LogP contribution < -0.4 is 0 Å². The van der Waals surface area contributed by atoms with E-state index < -0.39 is 0 Å². The molecule has 1 rings (SSSR count). The predicted octanol–water partition coefficient (Wildman–Crippen LogP) is 3.96. The number of carbonyl (C=O) groups excluding carboxylic acids is 1. The molecule has 0 bridgehead atoms. The van der Waals surface area contributed by atoms with Crippen LogP contribution in [-0.2, 0) is 0 Å². The number of benzene rings is 1. The van der Waals surface area contributed by atoms with Gasteiger partial charge in [-0.1, -0.05) is 43.7 Å². The summed E-state index contributed by atoms with van der Waals surface area (Å²) < 4.78 is 0. The summed E-state index contributed by atoms with van der Waals surface area (Å²) >= 11 is 1.74. The van der Waals surface area contributed by atoms with Crippen molar-refractivity contribution in [1.29, 1.82) is 0 Å². The Balaban J connectivity index is 2.60. The molecule has 0 saturated heterocycles. The average Bonchev–Trinajstić information content (AvgIpc) is 2.26. The quantitative estimate of drug-likeness (QED) is 0.720. The van der Waals surface area contributed by atoms with E-state index in [1.807, 2.05) is 38.1 Å². The molecule has 0 heterocycles. The summed E-state index contributed by atoms with van der Waals surface area (Å²) in [6, 6.07) is 7.83. The third kappa shape index (κ3) is 4.01. The van der Waals surface area contributed by atoms with E-state index in [1.165, 1.54) is 5.56 Å². The first-order chi connectivity index (χ1) is 7.50. The summed E-state index contributed by atoms with van der Waals surface area (Å²) in [5, 5.41) is 0.0603. The SMILES string of the molecule is Cc1ccc(C(=O)C(C)SCC(C)C)cc1. The molecule has 0 aliphatic carbocycles. The van der Waals surface area contributed by atoms with Crippen LogP contribution in [-0.4, -0.2) is 16.8 Å². The summed E-state index contributed by atoms with van der Waals surface area (Å²) in [5.74, 6) is 1.92. The molecule has 0 aliphatic rings. The van der Waals surface area contributed by atoms with Gasteiger partial charge in [0.25, 0.3) is 0 Å². The molecule has 0 N–H and O–H groups in total. The summed E-state index contributed by atoms with van der Waals surface area (Å²) in [4.78, 5) is 12.0. The highest BCUT2D eigenvalue weighted by Gasteiger charge is 2.15. The highest BCUT2D eigenvalue weighted by atomic mass is 32.2.